The summed E-state index contributed by atoms with van der Waals surface area (Å²) in [6.07, 6.45) is 13.6. The van der Waals surface area contributed by atoms with Crippen LogP contribution >= 0.6 is 82.4 Å². The molecule has 2 saturated carbocycles. The van der Waals surface area contributed by atoms with E-state index in [1.807, 2.05) is 24.3 Å². The Bertz CT molecular complexity index is 2900. The fourth-order valence-corrected chi connectivity index (χ4v) is 12.6. The number of nitrogens with two attached hydrogens (primary N) is 1. The number of methoxy groups -OCH3 is 2. The molecule has 0 radical (unpaired) electrons. The van der Waals surface area contributed by atoms with Crippen molar-refractivity contribution in [3.05, 3.63) is 127 Å². The van der Waals surface area contributed by atoms with Crippen LogP contribution in [0, 0.1) is 10.8 Å². The molecule has 0 aromatic heterocycles. The Balaban J connectivity index is 0.000000349. The molecule has 2 unspecified atom stereocenters. The first-order valence-electron chi connectivity index (χ1n) is 24.7. The summed E-state index contributed by atoms with van der Waals surface area (Å²) in [6, 6.07) is 22.9. The minimum absolute atomic E-state index is 0. The summed E-state index contributed by atoms with van der Waals surface area (Å²) in [6.45, 7) is 0. The predicted octanol–water partition coefficient (Wildman–Crippen LogP) is 12.3. The van der Waals surface area contributed by atoms with Crippen LogP contribution in [-0.2, 0) is 51.6 Å². The van der Waals surface area contributed by atoms with Crippen LogP contribution in [0.3, 0.4) is 0 Å². The van der Waals surface area contributed by atoms with Gasteiger partial charge in [-0.25, -0.2) is 26.4 Å². The van der Waals surface area contributed by atoms with Crippen molar-refractivity contribution in [2.75, 3.05) is 49.3 Å². The third-order valence-electron chi connectivity index (χ3n) is 13.4. The van der Waals surface area contributed by atoms with Gasteiger partial charge in [-0.2, -0.15) is 0 Å². The molecule has 0 aliphatic heterocycles. The quantitative estimate of drug-likeness (QED) is 0.0179. The smallest absolute Gasteiger partial charge is 0.328 e. The molecular formula is C55H69Cl5N4O10S4. The Kier molecular flexibility index (Phi) is 27.8. The topological polar surface area (TPSA) is 217 Å². The minimum Gasteiger partial charge on any atom is -0.467 e. The molecule has 0 spiro atoms. The highest BCUT2D eigenvalue weighted by Crippen LogP contribution is 2.47. The number of halogens is 5. The second-order valence-electron chi connectivity index (χ2n) is 19.3. The van der Waals surface area contributed by atoms with Crippen molar-refractivity contribution < 1.29 is 45.5 Å². The van der Waals surface area contributed by atoms with Crippen LogP contribution in [0.4, 0.5) is 11.4 Å². The van der Waals surface area contributed by atoms with Crippen LogP contribution < -0.4 is 21.7 Å². The van der Waals surface area contributed by atoms with E-state index in [1.54, 1.807) is 60.7 Å². The number of carbonyl (C=O) groups is 4. The highest BCUT2D eigenvalue weighted by atomic mass is 35.5. The molecule has 5 N–H and O–H groups in total. The van der Waals surface area contributed by atoms with Crippen LogP contribution in [0.2, 0.25) is 20.1 Å². The average molecular weight is 1250 g/mol. The van der Waals surface area contributed by atoms with E-state index in [-0.39, 0.29) is 66.9 Å². The summed E-state index contributed by atoms with van der Waals surface area (Å²) in [5.41, 5.74) is 8.77. The van der Waals surface area contributed by atoms with Crippen molar-refractivity contribution in [1.29, 1.82) is 0 Å². The van der Waals surface area contributed by atoms with Gasteiger partial charge in [-0.05, 0) is 123 Å². The second-order valence-corrected chi connectivity index (χ2v) is 26.6. The van der Waals surface area contributed by atoms with Crippen molar-refractivity contribution in [3.8, 4) is 0 Å². The Morgan fingerprint density at radius 2 is 0.962 bits per heavy atom. The summed E-state index contributed by atoms with van der Waals surface area (Å²) < 4.78 is 55.5. The maximum Gasteiger partial charge on any atom is 0.328 e. The number of carbonyl (C=O) groups excluding carboxylic acids is 4. The number of anilines is 2. The zero-order valence-corrected chi connectivity index (χ0v) is 50.3. The molecule has 23 heteroatoms. The van der Waals surface area contributed by atoms with Gasteiger partial charge in [0.05, 0.1) is 55.4 Å². The zero-order chi connectivity index (χ0) is 57.1. The fraction of sp³-hybridized carbons (Fsp3) is 0.455. The fourth-order valence-electron chi connectivity index (χ4n) is 8.78. The third-order valence-corrected chi connectivity index (χ3v) is 18.0. The monoisotopic (exact) mass is 1250 g/mol. The number of unbranched alkanes of at least 4 members (excludes halogenated alkanes) is 2. The van der Waals surface area contributed by atoms with E-state index in [2.05, 4.69) is 16.0 Å². The number of benzene rings is 4. The molecule has 0 bridgehead atoms. The van der Waals surface area contributed by atoms with Crippen LogP contribution in [-0.4, -0.2) is 100 Å². The first-order chi connectivity index (χ1) is 36.2. The first-order valence-corrected chi connectivity index (χ1v) is 31.5. The Labute approximate surface area is 495 Å². The summed E-state index contributed by atoms with van der Waals surface area (Å²) in [5, 5.41) is 9.69. The molecular weight excluding hydrogens is 1180 g/mol. The van der Waals surface area contributed by atoms with Crippen molar-refractivity contribution in [3.63, 3.8) is 0 Å². The lowest BCUT2D eigenvalue weighted by Gasteiger charge is -2.43. The van der Waals surface area contributed by atoms with Gasteiger partial charge < -0.3 is 31.2 Å². The number of amides is 1. The van der Waals surface area contributed by atoms with E-state index in [9.17, 15) is 36.0 Å². The van der Waals surface area contributed by atoms with Gasteiger partial charge in [0.15, 0.2) is 0 Å². The van der Waals surface area contributed by atoms with Gasteiger partial charge in [0.2, 0.25) is 0 Å². The lowest BCUT2D eigenvalue weighted by Crippen LogP contribution is -2.51. The lowest BCUT2D eigenvalue weighted by molar-refractivity contribution is -0.143. The predicted molar refractivity (Wildman–Crippen MR) is 325 cm³/mol. The molecule has 2 aliphatic carbocycles. The number of nitrogens with one attached hydrogen (secondary N) is 3. The Morgan fingerprint density at radius 1 is 0.603 bits per heavy atom. The van der Waals surface area contributed by atoms with Crippen LogP contribution in [0.1, 0.15) is 116 Å². The highest BCUT2D eigenvalue weighted by molar-refractivity contribution is 7.90. The van der Waals surface area contributed by atoms with Gasteiger partial charge in [0.1, 0.15) is 31.8 Å². The highest BCUT2D eigenvalue weighted by Gasteiger charge is 2.43. The van der Waals surface area contributed by atoms with E-state index >= 15 is 0 Å². The van der Waals surface area contributed by atoms with Gasteiger partial charge in [-0.15, -0.1) is 0 Å². The molecule has 0 saturated heterocycles. The van der Waals surface area contributed by atoms with Gasteiger partial charge >= 0.3 is 11.9 Å². The minimum atomic E-state index is -2.99. The lowest BCUT2D eigenvalue weighted by atomic mass is 9.65. The molecule has 6 rings (SSSR count). The number of thiocarbonyl (C=S) groups is 2. The molecule has 4 aromatic carbocycles. The maximum atomic E-state index is 12.6. The van der Waals surface area contributed by atoms with E-state index < -0.39 is 48.9 Å². The molecule has 2 atom stereocenters. The summed E-state index contributed by atoms with van der Waals surface area (Å²) in [5.74, 6) is -0.841. The molecule has 78 heavy (non-hydrogen) atoms. The van der Waals surface area contributed by atoms with Crippen molar-refractivity contribution in [1.82, 2.24) is 10.6 Å². The summed E-state index contributed by atoms with van der Waals surface area (Å²) >= 11 is 40.2. The van der Waals surface area contributed by atoms with Gasteiger partial charge in [-0.3, -0.25) is 9.59 Å². The average Bonchev–Trinajstić information content (AvgIpc) is 3.32. The van der Waals surface area contributed by atoms with Crippen molar-refractivity contribution >= 4 is 147 Å². The molecule has 1 amide bonds. The van der Waals surface area contributed by atoms with E-state index in [0.29, 0.717) is 47.0 Å². The molecule has 2 fully saturated rings. The molecule has 4 aromatic rings. The standard InChI is InChI=1S/C27H32Cl2N2O5S2.C20H30N2O4S2.C7H3Cl3O.CH4/c1-36-25(33)22(31-26(37)27(14-6-15-27)13-3-4-16-38(2,34)35)17-18-9-11-19(12-10-18)30-24(32)23-20(28)7-5-8-21(23)29;1-26-18(23)17(14-15-6-8-16(21)9-7-15)22-19(27)20(11-5-12-20)10-3-4-13-28(2,24)25;8-4-2-1-3-5(9)6(4)7(10)11;/h5,7-12,22H,3-4,6,13-17H2,1-2H3,(H,30,32)(H,31,37);6-9,17H,3-5,10-14,21H2,1-2H3,(H,22,27);1-3H;1H4. The number of hydrogen-bond acceptors (Lipinski definition) is 13. The Morgan fingerprint density at radius 3 is 1.27 bits per heavy atom. The zero-order valence-electron chi connectivity index (χ0n) is 43.2. The van der Waals surface area contributed by atoms with Gasteiger partial charge in [0, 0.05) is 59.1 Å². The summed E-state index contributed by atoms with van der Waals surface area (Å²) in [7, 11) is -3.23. The van der Waals surface area contributed by atoms with E-state index in [0.717, 1.165) is 75.3 Å². The molecule has 2 aliphatic rings. The van der Waals surface area contributed by atoms with Crippen molar-refractivity contribution in [2.24, 2.45) is 10.8 Å². The molecule has 428 valence electrons. The van der Waals surface area contributed by atoms with E-state index in [1.165, 1.54) is 26.7 Å². The normalized spacial score (nSPS) is 14.7. The number of esters is 2. The van der Waals surface area contributed by atoms with Crippen molar-refractivity contribution in [2.45, 2.75) is 109 Å². The third kappa shape index (κ3) is 21.4. The molecule has 0 heterocycles. The van der Waals surface area contributed by atoms with Crippen LogP contribution in [0.5, 0.6) is 0 Å². The maximum absolute atomic E-state index is 12.6. The number of sulfone groups is 2. The number of rotatable bonds is 23. The Hall–Kier alpha value is -4.11. The number of nitrogen functional groups attached to an aromatic ring is 1. The summed E-state index contributed by atoms with van der Waals surface area (Å²) in [4.78, 5) is 49.5. The van der Waals surface area contributed by atoms with Gasteiger partial charge in [0.25, 0.3) is 11.1 Å². The first kappa shape index (κ1) is 68.2. The number of ether oxygens (including phenoxy) is 2. The second kappa shape index (κ2) is 31.8. The van der Waals surface area contributed by atoms with Gasteiger partial charge in [-0.1, -0.05) is 140 Å². The molecule has 14 nitrogen and oxygen atoms in total. The van der Waals surface area contributed by atoms with Crippen LogP contribution in [0.25, 0.3) is 0 Å². The van der Waals surface area contributed by atoms with E-state index in [4.69, 9.17) is 97.6 Å². The largest absolute Gasteiger partial charge is 0.467 e. The number of hydrogen-bond donors (Lipinski definition) is 4. The SMILES string of the molecule is C.COC(=O)C(Cc1ccc(N)cc1)NC(=S)C1(CCCCS(C)(=O)=O)CCC1.COC(=O)C(Cc1ccc(NC(=O)c2c(Cl)cccc2Cl)cc1)NC(=S)C1(CCCCS(C)(=O)=O)CCC1.O=C(Cl)c1c(Cl)cccc1Cl. The van der Waals surface area contributed by atoms with Crippen LogP contribution in [0.15, 0.2) is 84.9 Å².